The van der Waals surface area contributed by atoms with Crippen molar-refractivity contribution in [3.05, 3.63) is 53.6 Å². The predicted octanol–water partition coefficient (Wildman–Crippen LogP) is 3.92. The Morgan fingerprint density at radius 1 is 1.20 bits per heavy atom. The van der Waals surface area contributed by atoms with E-state index < -0.39 is 41.2 Å². The van der Waals surface area contributed by atoms with Gasteiger partial charge in [-0.05, 0) is 61.2 Å². The Balaban J connectivity index is 1.55. The number of hydrogen-bond donors (Lipinski definition) is 1. The molecule has 8 atom stereocenters. The van der Waals surface area contributed by atoms with Crippen LogP contribution >= 0.6 is 0 Å². The number of aliphatic hydroxyl groups is 1. The number of aliphatic hydroxyl groups excluding tert-OH is 1. The molecule has 0 aromatic heterocycles. The molecule has 3 fully saturated rings. The van der Waals surface area contributed by atoms with Gasteiger partial charge in [0, 0.05) is 18.4 Å². The summed E-state index contributed by atoms with van der Waals surface area (Å²) in [7, 11) is 0. The fourth-order valence-electron chi connectivity index (χ4n) is 6.74. The highest BCUT2D eigenvalue weighted by Crippen LogP contribution is 2.64. The van der Waals surface area contributed by atoms with Crippen LogP contribution in [0.1, 0.15) is 52.5 Å². The highest BCUT2D eigenvalue weighted by molar-refractivity contribution is 6.04. The third kappa shape index (κ3) is 3.91. The van der Waals surface area contributed by atoms with Crippen molar-refractivity contribution in [1.82, 2.24) is 0 Å². The number of benzene rings is 1. The summed E-state index contributed by atoms with van der Waals surface area (Å²) in [6.45, 7) is 8.18. The lowest BCUT2D eigenvalue weighted by atomic mass is 9.77. The van der Waals surface area contributed by atoms with Gasteiger partial charge in [0.05, 0.1) is 23.7 Å². The Kier molecular flexibility index (Phi) is 5.68. The van der Waals surface area contributed by atoms with Gasteiger partial charge in [0.1, 0.15) is 6.29 Å². The van der Waals surface area contributed by atoms with Gasteiger partial charge in [0.15, 0.2) is 5.60 Å². The third-order valence-corrected chi connectivity index (χ3v) is 9.08. The van der Waals surface area contributed by atoms with Crippen LogP contribution in [0.5, 0.6) is 0 Å². The molecule has 6 heteroatoms. The average Bonchev–Trinajstić information content (AvgIpc) is 3.59. The molecule has 4 aliphatic rings. The molecule has 0 bridgehead atoms. The predicted molar refractivity (Wildman–Crippen MR) is 130 cm³/mol. The van der Waals surface area contributed by atoms with Crippen LogP contribution in [0.3, 0.4) is 0 Å². The summed E-state index contributed by atoms with van der Waals surface area (Å²) < 4.78 is 12.2. The number of allylic oxidation sites excluding steroid dienone is 1. The summed E-state index contributed by atoms with van der Waals surface area (Å²) in [5.41, 5.74) is -0.767. The number of ether oxygens (including phenoxy) is 2. The zero-order valence-electron chi connectivity index (χ0n) is 20.8. The Bertz CT molecular complexity index is 1100. The summed E-state index contributed by atoms with van der Waals surface area (Å²) in [5.74, 6) is -1.94. The number of epoxide rings is 1. The van der Waals surface area contributed by atoms with E-state index in [-0.39, 0.29) is 23.5 Å². The van der Waals surface area contributed by atoms with Crippen molar-refractivity contribution < 1.29 is 29.0 Å². The van der Waals surface area contributed by atoms with E-state index in [2.05, 4.69) is 13.8 Å². The lowest BCUT2D eigenvalue weighted by Crippen LogP contribution is -2.52. The van der Waals surface area contributed by atoms with E-state index in [9.17, 15) is 19.5 Å². The number of carbonyl (C=O) groups excluding carboxylic acids is 3. The molecule has 0 radical (unpaired) electrons. The molecule has 2 saturated carbocycles. The van der Waals surface area contributed by atoms with Crippen LogP contribution < -0.4 is 0 Å². The van der Waals surface area contributed by atoms with Gasteiger partial charge in [-0.3, -0.25) is 4.79 Å². The maximum absolute atomic E-state index is 14.1. The summed E-state index contributed by atoms with van der Waals surface area (Å²) in [4.78, 5) is 39.1. The lowest BCUT2D eigenvalue weighted by molar-refractivity contribution is -0.168. The number of aldehydes is 1. The second kappa shape index (κ2) is 8.24. The van der Waals surface area contributed by atoms with E-state index in [4.69, 9.17) is 9.47 Å². The molecular weight excluding hydrogens is 444 g/mol. The van der Waals surface area contributed by atoms with E-state index in [1.807, 2.05) is 43.3 Å². The highest BCUT2D eigenvalue weighted by Gasteiger charge is 2.71. The zero-order chi connectivity index (χ0) is 25.2. The molecule has 1 aromatic carbocycles. The molecule has 0 amide bonds. The Morgan fingerprint density at radius 2 is 1.91 bits per heavy atom. The summed E-state index contributed by atoms with van der Waals surface area (Å²) >= 11 is 0. The Morgan fingerprint density at radius 3 is 2.60 bits per heavy atom. The van der Waals surface area contributed by atoms with Gasteiger partial charge in [0.25, 0.3) is 0 Å². The molecule has 6 nitrogen and oxygen atoms in total. The SMILES string of the molecule is C/C1=C\[C@@H]2[C@H](CC[C@@]3(C)O[C@@H]3[C@H]3[C@@H](O)[C@@H](C=O)CC3(OC(=O)/C=C/c3ccccc3)C1=O)C2(C)C. The number of esters is 1. The van der Waals surface area contributed by atoms with Crippen molar-refractivity contribution in [3.63, 3.8) is 0 Å². The molecule has 35 heavy (non-hydrogen) atoms. The monoisotopic (exact) mass is 478 g/mol. The number of Topliss-reactive ketones (excluding diaryl/α,β-unsaturated/α-hetero) is 1. The van der Waals surface area contributed by atoms with Crippen LogP contribution in [-0.2, 0) is 23.9 Å². The maximum atomic E-state index is 14.1. The first-order valence-corrected chi connectivity index (χ1v) is 12.5. The normalized spacial score (nSPS) is 43.1. The number of ketones is 1. The summed E-state index contributed by atoms with van der Waals surface area (Å²) in [6, 6.07) is 9.32. The van der Waals surface area contributed by atoms with E-state index in [1.165, 1.54) is 6.08 Å². The van der Waals surface area contributed by atoms with Gasteiger partial charge >= 0.3 is 5.97 Å². The minimum Gasteiger partial charge on any atom is -0.447 e. The van der Waals surface area contributed by atoms with E-state index in [1.54, 1.807) is 13.0 Å². The van der Waals surface area contributed by atoms with Gasteiger partial charge in [-0.15, -0.1) is 0 Å². The van der Waals surface area contributed by atoms with E-state index >= 15 is 0 Å². The molecule has 0 spiro atoms. The largest absolute Gasteiger partial charge is 0.447 e. The van der Waals surface area contributed by atoms with Crippen LogP contribution in [0.15, 0.2) is 48.1 Å². The molecule has 5 rings (SSSR count). The van der Waals surface area contributed by atoms with E-state index in [0.29, 0.717) is 17.8 Å². The smallest absolute Gasteiger partial charge is 0.331 e. The topological polar surface area (TPSA) is 93.2 Å². The Hall–Kier alpha value is -2.57. The molecular formula is C29H34O6. The molecule has 3 aliphatic carbocycles. The number of fused-ring (bicyclic) bond motifs is 4. The van der Waals surface area contributed by atoms with Gasteiger partial charge < -0.3 is 19.4 Å². The third-order valence-electron chi connectivity index (χ3n) is 9.08. The van der Waals surface area contributed by atoms with Crippen LogP contribution in [0.2, 0.25) is 0 Å². The van der Waals surface area contributed by atoms with Gasteiger partial charge in [-0.25, -0.2) is 4.79 Å². The molecule has 1 N–H and O–H groups in total. The maximum Gasteiger partial charge on any atom is 0.331 e. The van der Waals surface area contributed by atoms with Crippen LogP contribution in [-0.4, -0.2) is 46.6 Å². The Labute approximate surface area is 206 Å². The standard InChI is InChI=1S/C29H34O6/c1-17-14-21-20(27(21,2)3)12-13-28(4)26(35-28)23-24(32)19(16-30)15-29(23,25(17)33)34-22(31)11-10-18-8-6-5-7-9-18/h5-11,14,16,19-21,23-24,26,32H,12-13,15H2,1-4H3/b11-10+,17-14+/t19-,20+,21-,23-,24+,26-,28-,29?/m1/s1. The highest BCUT2D eigenvalue weighted by atomic mass is 16.6. The van der Waals surface area contributed by atoms with Crippen molar-refractivity contribution in [3.8, 4) is 0 Å². The second-order valence-corrected chi connectivity index (χ2v) is 11.6. The van der Waals surface area contributed by atoms with Gasteiger partial charge in [0.2, 0.25) is 5.78 Å². The molecule has 1 saturated heterocycles. The molecule has 1 unspecified atom stereocenters. The van der Waals surface area contributed by atoms with Crippen molar-refractivity contribution in [2.45, 2.75) is 70.4 Å². The second-order valence-electron chi connectivity index (χ2n) is 11.6. The minimum absolute atomic E-state index is 0.0509. The fourth-order valence-corrected chi connectivity index (χ4v) is 6.74. The first kappa shape index (κ1) is 24.1. The average molecular weight is 479 g/mol. The molecule has 1 heterocycles. The van der Waals surface area contributed by atoms with Crippen LogP contribution in [0.25, 0.3) is 6.08 Å². The number of rotatable bonds is 4. The van der Waals surface area contributed by atoms with Crippen molar-refractivity contribution in [2.24, 2.45) is 29.1 Å². The quantitative estimate of drug-likeness (QED) is 0.305. The van der Waals surface area contributed by atoms with Crippen molar-refractivity contribution in [1.29, 1.82) is 0 Å². The van der Waals surface area contributed by atoms with Gasteiger partial charge in [-0.2, -0.15) is 0 Å². The molecule has 1 aliphatic heterocycles. The first-order chi connectivity index (χ1) is 16.5. The zero-order valence-corrected chi connectivity index (χ0v) is 20.8. The van der Waals surface area contributed by atoms with Crippen LogP contribution in [0, 0.1) is 29.1 Å². The summed E-state index contributed by atoms with van der Waals surface area (Å²) in [5, 5.41) is 11.2. The van der Waals surface area contributed by atoms with Crippen molar-refractivity contribution in [2.75, 3.05) is 0 Å². The number of carbonyl (C=O) groups is 3. The molecule has 1 aromatic rings. The van der Waals surface area contributed by atoms with Crippen molar-refractivity contribution >= 4 is 24.1 Å². The first-order valence-electron chi connectivity index (χ1n) is 12.5. The van der Waals surface area contributed by atoms with Crippen LogP contribution in [0.4, 0.5) is 0 Å². The molecule has 186 valence electrons. The lowest BCUT2D eigenvalue weighted by Gasteiger charge is -2.34. The minimum atomic E-state index is -1.66. The van der Waals surface area contributed by atoms with E-state index in [0.717, 1.165) is 18.4 Å². The fraction of sp³-hybridized carbons (Fsp3) is 0.552. The summed E-state index contributed by atoms with van der Waals surface area (Å²) in [6.07, 6.45) is 5.70. The van der Waals surface area contributed by atoms with Gasteiger partial charge in [-0.1, -0.05) is 50.3 Å². The number of hydrogen-bond acceptors (Lipinski definition) is 6.